The minimum Gasteiger partial charge on any atom is -0.459 e. The monoisotopic (exact) mass is 343 g/mol. The quantitative estimate of drug-likeness (QED) is 0.205. The van der Waals surface area contributed by atoms with Crippen molar-refractivity contribution in [2.75, 3.05) is 0 Å². The Labute approximate surface area is 145 Å². The van der Waals surface area contributed by atoms with Gasteiger partial charge in [0.1, 0.15) is 14.7 Å². The molecule has 0 aliphatic heterocycles. The number of nitrogens with zero attached hydrogens (tertiary/aromatic N) is 1. The SMILES string of the molecule is C=C.CC(=O)C(/N=C/C#C[Si](C)(C)C)C(=O)OCc1ccccc1. The number of ether oxygens (including phenoxy) is 1. The molecule has 0 saturated heterocycles. The number of carbonyl (C=O) groups excluding carboxylic acids is 2. The zero-order valence-corrected chi connectivity index (χ0v) is 15.8. The van der Waals surface area contributed by atoms with Gasteiger partial charge in [-0.15, -0.1) is 18.7 Å². The molecule has 1 unspecified atom stereocenters. The molecule has 4 nitrogen and oxygen atoms in total. The van der Waals surface area contributed by atoms with Crippen molar-refractivity contribution < 1.29 is 14.3 Å². The van der Waals surface area contributed by atoms with Crippen LogP contribution >= 0.6 is 0 Å². The third kappa shape index (κ3) is 9.54. The van der Waals surface area contributed by atoms with Gasteiger partial charge < -0.3 is 4.74 Å². The minimum absolute atomic E-state index is 0.125. The number of Topliss-reactive ketones (excluding diaryl/α,β-unsaturated/α-hetero) is 1. The van der Waals surface area contributed by atoms with Crippen LogP contribution in [0.1, 0.15) is 12.5 Å². The summed E-state index contributed by atoms with van der Waals surface area (Å²) < 4.78 is 5.14. The van der Waals surface area contributed by atoms with E-state index >= 15 is 0 Å². The van der Waals surface area contributed by atoms with Crippen molar-refractivity contribution in [1.29, 1.82) is 0 Å². The van der Waals surface area contributed by atoms with Crippen LogP contribution < -0.4 is 0 Å². The summed E-state index contributed by atoms with van der Waals surface area (Å²) in [5, 5.41) is 0. The van der Waals surface area contributed by atoms with Crippen molar-refractivity contribution in [3.8, 4) is 11.5 Å². The summed E-state index contributed by atoms with van der Waals surface area (Å²) in [4.78, 5) is 27.4. The van der Waals surface area contributed by atoms with Crippen LogP contribution in [0.15, 0.2) is 48.5 Å². The van der Waals surface area contributed by atoms with Crippen molar-refractivity contribution >= 4 is 26.0 Å². The van der Waals surface area contributed by atoms with Crippen LogP contribution in [-0.4, -0.2) is 32.1 Å². The van der Waals surface area contributed by atoms with Gasteiger partial charge in [-0.25, -0.2) is 4.79 Å². The molecule has 0 heterocycles. The first-order chi connectivity index (χ1) is 11.3. The normalized spacial score (nSPS) is 11.5. The first kappa shape index (κ1) is 21.5. The minimum atomic E-state index is -1.50. The topological polar surface area (TPSA) is 55.7 Å². The van der Waals surface area contributed by atoms with Crippen LogP contribution in [0.25, 0.3) is 0 Å². The van der Waals surface area contributed by atoms with E-state index in [-0.39, 0.29) is 12.4 Å². The molecular formula is C19H25NO3Si. The highest BCUT2D eigenvalue weighted by Gasteiger charge is 2.23. The molecule has 5 heteroatoms. The van der Waals surface area contributed by atoms with Crippen molar-refractivity contribution in [2.24, 2.45) is 4.99 Å². The fourth-order valence-corrected chi connectivity index (χ4v) is 2.00. The van der Waals surface area contributed by atoms with E-state index in [1.54, 1.807) is 0 Å². The van der Waals surface area contributed by atoms with Gasteiger partial charge in [0.15, 0.2) is 5.78 Å². The Kier molecular flexibility index (Phi) is 10.0. The predicted octanol–water partition coefficient (Wildman–Crippen LogP) is 3.44. The maximum absolute atomic E-state index is 12.0. The van der Waals surface area contributed by atoms with E-state index in [1.165, 1.54) is 13.1 Å². The van der Waals surface area contributed by atoms with Gasteiger partial charge in [-0.3, -0.25) is 9.79 Å². The van der Waals surface area contributed by atoms with E-state index in [0.29, 0.717) is 0 Å². The van der Waals surface area contributed by atoms with Crippen molar-refractivity contribution in [2.45, 2.75) is 39.2 Å². The molecule has 0 radical (unpaired) electrons. The highest BCUT2D eigenvalue weighted by atomic mass is 28.3. The number of rotatable bonds is 5. The summed E-state index contributed by atoms with van der Waals surface area (Å²) in [5.41, 5.74) is 3.95. The van der Waals surface area contributed by atoms with Gasteiger partial charge in [-0.1, -0.05) is 55.9 Å². The molecule has 1 rings (SSSR count). The summed E-state index contributed by atoms with van der Waals surface area (Å²) in [6, 6.07) is 8.15. The Morgan fingerprint density at radius 2 is 1.83 bits per heavy atom. The molecule has 128 valence electrons. The number of carbonyl (C=O) groups is 2. The largest absolute Gasteiger partial charge is 0.459 e. The van der Waals surface area contributed by atoms with Crippen LogP contribution in [0, 0.1) is 11.5 Å². The number of aliphatic imine (C=N–C) groups is 1. The number of ketones is 1. The number of hydrogen-bond donors (Lipinski definition) is 0. The smallest absolute Gasteiger partial charge is 0.338 e. The standard InChI is InChI=1S/C17H21NO3Si.C2H4/c1-14(19)16(18-11-8-12-22(2,3)4)17(20)21-13-15-9-6-5-7-10-15;1-2/h5-7,9-11,16H,13H2,1-4H3;1-2H2/b18-11+;. The van der Waals surface area contributed by atoms with Crippen molar-refractivity contribution in [3.63, 3.8) is 0 Å². The fraction of sp³-hybridized carbons (Fsp3) is 0.316. The highest BCUT2D eigenvalue weighted by Crippen LogP contribution is 2.04. The summed E-state index contributed by atoms with van der Waals surface area (Å²) in [7, 11) is -1.50. The van der Waals surface area contributed by atoms with Crippen LogP contribution in [0.4, 0.5) is 0 Å². The molecule has 24 heavy (non-hydrogen) atoms. The van der Waals surface area contributed by atoms with Gasteiger partial charge in [-0.2, -0.15) is 0 Å². The van der Waals surface area contributed by atoms with Crippen LogP contribution in [0.2, 0.25) is 19.6 Å². The second-order valence-electron chi connectivity index (χ2n) is 5.90. The van der Waals surface area contributed by atoms with E-state index in [1.807, 2.05) is 30.3 Å². The lowest BCUT2D eigenvalue weighted by atomic mass is 10.2. The van der Waals surface area contributed by atoms with Gasteiger partial charge >= 0.3 is 5.97 Å². The zero-order valence-electron chi connectivity index (χ0n) is 14.8. The maximum atomic E-state index is 12.0. The summed E-state index contributed by atoms with van der Waals surface area (Å²) in [5.74, 6) is 1.79. The number of esters is 1. The summed E-state index contributed by atoms with van der Waals surface area (Å²) in [6.07, 6.45) is 1.33. The van der Waals surface area contributed by atoms with Gasteiger partial charge in [0.05, 0.1) is 6.21 Å². The lowest BCUT2D eigenvalue weighted by Crippen LogP contribution is -2.28. The molecule has 1 aromatic carbocycles. The van der Waals surface area contributed by atoms with Crippen LogP contribution in [0.3, 0.4) is 0 Å². The second kappa shape index (κ2) is 11.1. The van der Waals surface area contributed by atoms with Crippen LogP contribution in [0.5, 0.6) is 0 Å². The van der Waals surface area contributed by atoms with E-state index in [4.69, 9.17) is 4.74 Å². The molecule has 0 N–H and O–H groups in total. The molecule has 0 spiro atoms. The average molecular weight is 343 g/mol. The first-order valence-electron chi connectivity index (χ1n) is 7.55. The Hall–Kier alpha value is -2.45. The van der Waals surface area contributed by atoms with Gasteiger partial charge in [0.25, 0.3) is 0 Å². The van der Waals surface area contributed by atoms with E-state index in [2.05, 4.69) is 49.3 Å². The molecular weight excluding hydrogens is 318 g/mol. The van der Waals surface area contributed by atoms with Crippen molar-refractivity contribution in [3.05, 3.63) is 49.1 Å². The molecule has 0 saturated carbocycles. The van der Waals surface area contributed by atoms with Gasteiger partial charge in [-0.05, 0) is 12.5 Å². The fourth-order valence-electron chi connectivity index (χ4n) is 1.50. The first-order valence-corrected chi connectivity index (χ1v) is 11.0. The molecule has 0 fully saturated rings. The summed E-state index contributed by atoms with van der Waals surface area (Å²) in [6.45, 7) is 13.7. The molecule has 0 bridgehead atoms. The lowest BCUT2D eigenvalue weighted by molar-refractivity contribution is -0.148. The Morgan fingerprint density at radius 3 is 2.33 bits per heavy atom. The second-order valence-corrected chi connectivity index (χ2v) is 10.7. The molecule has 0 aliphatic carbocycles. The maximum Gasteiger partial charge on any atom is 0.338 e. The molecule has 1 aromatic rings. The third-order valence-electron chi connectivity index (χ3n) is 2.57. The summed E-state index contributed by atoms with van der Waals surface area (Å²) >= 11 is 0. The van der Waals surface area contributed by atoms with Gasteiger partial charge in [0.2, 0.25) is 6.04 Å². The molecule has 0 amide bonds. The van der Waals surface area contributed by atoms with Crippen molar-refractivity contribution in [1.82, 2.24) is 0 Å². The zero-order chi connectivity index (χ0) is 18.6. The molecule has 1 atom stereocenters. The lowest BCUT2D eigenvalue weighted by Gasteiger charge is -2.09. The molecule has 0 aliphatic rings. The Morgan fingerprint density at radius 1 is 1.25 bits per heavy atom. The predicted molar refractivity (Wildman–Crippen MR) is 102 cm³/mol. The average Bonchev–Trinajstić information content (AvgIpc) is 2.54. The highest BCUT2D eigenvalue weighted by molar-refractivity contribution is 6.84. The third-order valence-corrected chi connectivity index (χ3v) is 3.46. The van der Waals surface area contributed by atoms with Gasteiger partial charge in [0, 0.05) is 0 Å². The number of hydrogen-bond acceptors (Lipinski definition) is 4. The number of benzene rings is 1. The van der Waals surface area contributed by atoms with Crippen LogP contribution in [-0.2, 0) is 20.9 Å². The van der Waals surface area contributed by atoms with E-state index in [0.717, 1.165) is 5.56 Å². The molecule has 0 aromatic heterocycles. The Balaban J connectivity index is 0.00000254. The van der Waals surface area contributed by atoms with E-state index in [9.17, 15) is 9.59 Å². The Bertz CT molecular complexity index is 621. The van der Waals surface area contributed by atoms with E-state index < -0.39 is 20.1 Å².